The number of fused-ring (bicyclic) bond motifs is 1. The largest absolute Gasteiger partial charge is 0.460 e. The molecule has 0 N–H and O–H groups in total. The Morgan fingerprint density at radius 1 is 1.50 bits per heavy atom. The molecule has 0 saturated heterocycles. The fourth-order valence-corrected chi connectivity index (χ4v) is 2.24. The van der Waals surface area contributed by atoms with Crippen LogP contribution in [-0.4, -0.2) is 27.7 Å². The molecule has 94 valence electrons. The maximum Gasteiger partial charge on any atom is 0.379 e. The Morgan fingerprint density at radius 2 is 2.22 bits per heavy atom. The highest BCUT2D eigenvalue weighted by Crippen LogP contribution is 2.12. The number of thiazole rings is 1. The molecule has 7 heteroatoms. The minimum Gasteiger partial charge on any atom is -0.460 e. The molecule has 18 heavy (non-hydrogen) atoms. The average molecular weight is 266 g/mol. The van der Waals surface area contributed by atoms with Crippen LogP contribution in [0.25, 0.3) is 4.96 Å². The normalized spacial score (nSPS) is 10.6. The van der Waals surface area contributed by atoms with Gasteiger partial charge in [0.15, 0.2) is 4.96 Å². The topological polar surface area (TPSA) is 77.7 Å². The summed E-state index contributed by atoms with van der Waals surface area (Å²) < 4.78 is 5.82. The van der Waals surface area contributed by atoms with Gasteiger partial charge in [0.25, 0.3) is 11.3 Å². The monoisotopic (exact) mass is 266 g/mol. The van der Waals surface area contributed by atoms with E-state index in [1.54, 1.807) is 13.1 Å². The second-order valence-electron chi connectivity index (χ2n) is 3.52. The van der Waals surface area contributed by atoms with E-state index in [0.29, 0.717) is 4.96 Å². The molecule has 0 fully saturated rings. The van der Waals surface area contributed by atoms with E-state index < -0.39 is 17.3 Å². The third-order valence-electron chi connectivity index (χ3n) is 2.23. The van der Waals surface area contributed by atoms with Crippen LogP contribution in [0.3, 0.4) is 0 Å². The number of esters is 1. The van der Waals surface area contributed by atoms with Crippen molar-refractivity contribution in [2.75, 3.05) is 6.61 Å². The lowest BCUT2D eigenvalue weighted by atomic mass is 10.2. The van der Waals surface area contributed by atoms with Gasteiger partial charge in [-0.3, -0.25) is 14.0 Å². The van der Waals surface area contributed by atoms with Crippen LogP contribution in [0.1, 0.15) is 22.2 Å². The third-order valence-corrected chi connectivity index (χ3v) is 3.14. The third kappa shape index (κ3) is 2.04. The minimum absolute atomic E-state index is 0.0825. The molecule has 0 spiro atoms. The van der Waals surface area contributed by atoms with Crippen molar-refractivity contribution in [3.63, 3.8) is 0 Å². The van der Waals surface area contributed by atoms with Gasteiger partial charge in [0.05, 0.1) is 6.61 Å². The smallest absolute Gasteiger partial charge is 0.379 e. The van der Waals surface area contributed by atoms with Crippen molar-refractivity contribution in [2.24, 2.45) is 0 Å². The summed E-state index contributed by atoms with van der Waals surface area (Å²) in [6, 6.07) is 0. The van der Waals surface area contributed by atoms with E-state index in [1.807, 2.05) is 6.92 Å². The number of hydrogen-bond donors (Lipinski definition) is 0. The fraction of sp³-hybridized carbons (Fsp3) is 0.273. The minimum atomic E-state index is -1.04. The number of aryl methyl sites for hydroxylation is 1. The zero-order valence-electron chi connectivity index (χ0n) is 9.80. The van der Waals surface area contributed by atoms with Crippen LogP contribution >= 0.6 is 11.3 Å². The van der Waals surface area contributed by atoms with Crippen LogP contribution in [-0.2, 0) is 9.53 Å². The van der Waals surface area contributed by atoms with Gasteiger partial charge in [0, 0.05) is 17.3 Å². The number of Topliss-reactive ketones (excluding diaryl/α,β-unsaturated/α-hetero) is 1. The van der Waals surface area contributed by atoms with Crippen molar-refractivity contribution in [3.8, 4) is 0 Å². The van der Waals surface area contributed by atoms with Crippen molar-refractivity contribution < 1.29 is 14.3 Å². The SMILES string of the molecule is CCOC(=O)C(=O)c1cnc2sc(C)cn2c1=O. The quantitative estimate of drug-likeness (QED) is 0.466. The van der Waals surface area contributed by atoms with Gasteiger partial charge in [-0.1, -0.05) is 0 Å². The molecule has 0 aliphatic rings. The molecule has 2 aromatic heterocycles. The zero-order chi connectivity index (χ0) is 13.3. The van der Waals surface area contributed by atoms with Crippen molar-refractivity contribution in [3.05, 3.63) is 33.2 Å². The highest BCUT2D eigenvalue weighted by Gasteiger charge is 2.22. The fourth-order valence-electron chi connectivity index (χ4n) is 1.46. The number of nitrogens with zero attached hydrogens (tertiary/aromatic N) is 2. The van der Waals surface area contributed by atoms with Crippen LogP contribution in [0.4, 0.5) is 0 Å². The van der Waals surface area contributed by atoms with E-state index in [1.165, 1.54) is 15.7 Å². The van der Waals surface area contributed by atoms with Crippen molar-refractivity contribution in [2.45, 2.75) is 13.8 Å². The summed E-state index contributed by atoms with van der Waals surface area (Å²) in [7, 11) is 0. The zero-order valence-corrected chi connectivity index (χ0v) is 10.6. The Hall–Kier alpha value is -2.02. The molecule has 0 unspecified atom stereocenters. The second kappa shape index (κ2) is 4.69. The molecule has 0 atom stereocenters. The molecule has 0 aliphatic heterocycles. The summed E-state index contributed by atoms with van der Waals surface area (Å²) in [5.41, 5.74) is -0.828. The predicted molar refractivity (Wildman–Crippen MR) is 65.0 cm³/mol. The summed E-state index contributed by atoms with van der Waals surface area (Å²) in [4.78, 5) is 40.3. The highest BCUT2D eigenvalue weighted by molar-refractivity contribution is 7.16. The average Bonchev–Trinajstić information content (AvgIpc) is 2.71. The Bertz CT molecular complexity index is 686. The van der Waals surface area contributed by atoms with Gasteiger partial charge in [-0.25, -0.2) is 9.78 Å². The predicted octanol–water partition coefficient (Wildman–Crippen LogP) is 0.810. The number of rotatable bonds is 3. The lowest BCUT2D eigenvalue weighted by Crippen LogP contribution is -2.27. The van der Waals surface area contributed by atoms with Gasteiger partial charge in [0.2, 0.25) is 0 Å². The van der Waals surface area contributed by atoms with Crippen molar-refractivity contribution in [1.82, 2.24) is 9.38 Å². The first-order valence-corrected chi connectivity index (χ1v) is 6.05. The van der Waals surface area contributed by atoms with Crippen LogP contribution in [0.15, 0.2) is 17.2 Å². The molecular weight excluding hydrogens is 256 g/mol. The molecule has 2 heterocycles. The first-order chi connectivity index (χ1) is 8.54. The van der Waals surface area contributed by atoms with Gasteiger partial charge in [-0.15, -0.1) is 11.3 Å². The van der Waals surface area contributed by atoms with Crippen molar-refractivity contribution >= 4 is 28.1 Å². The Balaban J connectivity index is 2.52. The molecule has 0 amide bonds. The summed E-state index contributed by atoms with van der Waals surface area (Å²) >= 11 is 1.33. The van der Waals surface area contributed by atoms with E-state index in [-0.39, 0.29) is 12.2 Å². The number of hydrogen-bond acceptors (Lipinski definition) is 6. The van der Waals surface area contributed by atoms with Crippen LogP contribution in [0, 0.1) is 6.92 Å². The number of ether oxygens (including phenoxy) is 1. The first kappa shape index (κ1) is 12.4. The lowest BCUT2D eigenvalue weighted by Gasteiger charge is -2.00. The maximum absolute atomic E-state index is 12.0. The molecule has 6 nitrogen and oxygen atoms in total. The molecule has 0 saturated carbocycles. The highest BCUT2D eigenvalue weighted by atomic mass is 32.1. The first-order valence-electron chi connectivity index (χ1n) is 5.24. The summed E-state index contributed by atoms with van der Waals surface area (Å²) in [6.45, 7) is 3.49. The van der Waals surface area contributed by atoms with E-state index in [0.717, 1.165) is 11.1 Å². The Morgan fingerprint density at radius 3 is 2.89 bits per heavy atom. The van der Waals surface area contributed by atoms with E-state index in [2.05, 4.69) is 9.72 Å². The lowest BCUT2D eigenvalue weighted by molar-refractivity contribution is -0.137. The molecule has 2 aromatic rings. The van der Waals surface area contributed by atoms with Gasteiger partial charge >= 0.3 is 5.97 Å². The van der Waals surface area contributed by atoms with Gasteiger partial charge in [-0.2, -0.15) is 0 Å². The summed E-state index contributed by atoms with van der Waals surface area (Å²) in [5, 5.41) is 0. The van der Waals surface area contributed by atoms with Gasteiger partial charge < -0.3 is 4.74 Å². The van der Waals surface area contributed by atoms with E-state index in [4.69, 9.17) is 0 Å². The number of aromatic nitrogens is 2. The Labute approximate surface area is 106 Å². The number of ketones is 1. The van der Waals surface area contributed by atoms with Gasteiger partial charge in [-0.05, 0) is 13.8 Å². The molecule has 0 radical (unpaired) electrons. The molecular formula is C11H10N2O4S. The molecule has 2 rings (SSSR count). The maximum atomic E-state index is 12.0. The Kier molecular flexibility index (Phi) is 3.24. The van der Waals surface area contributed by atoms with E-state index in [9.17, 15) is 14.4 Å². The summed E-state index contributed by atoms with van der Waals surface area (Å²) in [5.74, 6) is -2.00. The van der Waals surface area contributed by atoms with Crippen LogP contribution in [0.2, 0.25) is 0 Å². The number of carbonyl (C=O) groups excluding carboxylic acids is 2. The second-order valence-corrected chi connectivity index (χ2v) is 4.73. The molecule has 0 aliphatic carbocycles. The van der Waals surface area contributed by atoms with Gasteiger partial charge in [0.1, 0.15) is 5.56 Å². The standard InChI is InChI=1S/C11H10N2O4S/c1-3-17-10(16)8(14)7-4-12-11-13(9(7)15)5-6(2)18-11/h4-5H,3H2,1-2H3. The van der Waals surface area contributed by atoms with Crippen LogP contribution in [0.5, 0.6) is 0 Å². The van der Waals surface area contributed by atoms with Crippen LogP contribution < -0.4 is 5.56 Å². The van der Waals surface area contributed by atoms with E-state index >= 15 is 0 Å². The summed E-state index contributed by atoms with van der Waals surface area (Å²) in [6.07, 6.45) is 2.70. The molecule has 0 bridgehead atoms. The van der Waals surface area contributed by atoms with Crippen molar-refractivity contribution in [1.29, 1.82) is 0 Å². The number of carbonyl (C=O) groups is 2. The molecule has 0 aromatic carbocycles.